The molecule has 0 amide bonds. The van der Waals surface area contributed by atoms with Crippen LogP contribution in [0.5, 0.6) is 0 Å². The summed E-state index contributed by atoms with van der Waals surface area (Å²) in [6, 6.07) is 14.6. The predicted molar refractivity (Wildman–Crippen MR) is 74.1 cm³/mol. The Labute approximate surface area is 102 Å². The normalized spacial score (nSPS) is 10.2. The molecule has 0 atom stereocenters. The molecule has 0 aromatic heterocycles. The quantitative estimate of drug-likeness (QED) is 0.786. The summed E-state index contributed by atoms with van der Waals surface area (Å²) in [5.74, 6) is 0. The van der Waals surface area contributed by atoms with Crippen molar-refractivity contribution < 1.29 is 0 Å². The molecule has 2 aromatic rings. The second-order valence-electron chi connectivity index (χ2n) is 4.41. The van der Waals surface area contributed by atoms with Crippen molar-refractivity contribution in [3.63, 3.8) is 0 Å². The van der Waals surface area contributed by atoms with E-state index < -0.39 is 0 Å². The standard InChI is InChI=1S/C15H18N2/c1-11-3-5-13(6-4-11)10-17-14-7-8-15(16)12(2)9-14/h3-9,17H,10,16H2,1-2H3. The number of nitrogen functional groups attached to an aromatic ring is 1. The van der Waals surface area contributed by atoms with E-state index in [1.54, 1.807) is 0 Å². The second kappa shape index (κ2) is 4.91. The molecule has 2 heteroatoms. The zero-order valence-corrected chi connectivity index (χ0v) is 10.3. The van der Waals surface area contributed by atoms with Gasteiger partial charge < -0.3 is 11.1 Å². The summed E-state index contributed by atoms with van der Waals surface area (Å²) in [6.07, 6.45) is 0. The van der Waals surface area contributed by atoms with Crippen molar-refractivity contribution in [2.24, 2.45) is 0 Å². The van der Waals surface area contributed by atoms with Gasteiger partial charge in [0.05, 0.1) is 0 Å². The molecule has 0 saturated heterocycles. The van der Waals surface area contributed by atoms with E-state index in [4.69, 9.17) is 5.73 Å². The lowest BCUT2D eigenvalue weighted by Crippen LogP contribution is -2.00. The van der Waals surface area contributed by atoms with Gasteiger partial charge in [0, 0.05) is 17.9 Å². The summed E-state index contributed by atoms with van der Waals surface area (Å²) in [4.78, 5) is 0. The average Bonchev–Trinajstić information content (AvgIpc) is 2.33. The highest BCUT2D eigenvalue weighted by atomic mass is 14.9. The van der Waals surface area contributed by atoms with Gasteiger partial charge in [-0.05, 0) is 43.2 Å². The fraction of sp³-hybridized carbons (Fsp3) is 0.200. The van der Waals surface area contributed by atoms with Gasteiger partial charge in [0.15, 0.2) is 0 Å². The van der Waals surface area contributed by atoms with E-state index in [-0.39, 0.29) is 0 Å². The van der Waals surface area contributed by atoms with Crippen molar-refractivity contribution in [2.75, 3.05) is 11.1 Å². The fourth-order valence-corrected chi connectivity index (χ4v) is 1.70. The third-order valence-corrected chi connectivity index (χ3v) is 2.89. The first-order chi connectivity index (χ1) is 8.15. The second-order valence-corrected chi connectivity index (χ2v) is 4.41. The Morgan fingerprint density at radius 1 is 1.00 bits per heavy atom. The fourth-order valence-electron chi connectivity index (χ4n) is 1.70. The Bertz CT molecular complexity index is 501. The first-order valence-electron chi connectivity index (χ1n) is 5.81. The van der Waals surface area contributed by atoms with Crippen LogP contribution in [-0.4, -0.2) is 0 Å². The summed E-state index contributed by atoms with van der Waals surface area (Å²) in [5.41, 5.74) is 11.4. The molecule has 0 bridgehead atoms. The van der Waals surface area contributed by atoms with Crippen LogP contribution < -0.4 is 11.1 Å². The maximum atomic E-state index is 5.78. The summed E-state index contributed by atoms with van der Waals surface area (Å²) < 4.78 is 0. The number of benzene rings is 2. The third kappa shape index (κ3) is 3.00. The number of rotatable bonds is 3. The van der Waals surface area contributed by atoms with Crippen molar-refractivity contribution in [3.8, 4) is 0 Å². The lowest BCUT2D eigenvalue weighted by Gasteiger charge is -2.09. The van der Waals surface area contributed by atoms with E-state index in [1.807, 2.05) is 19.1 Å². The minimum Gasteiger partial charge on any atom is -0.399 e. The monoisotopic (exact) mass is 226 g/mol. The zero-order valence-electron chi connectivity index (χ0n) is 10.3. The molecule has 0 aliphatic carbocycles. The van der Waals surface area contributed by atoms with Gasteiger partial charge in [0.2, 0.25) is 0 Å². The summed E-state index contributed by atoms with van der Waals surface area (Å²) in [6.45, 7) is 4.95. The van der Waals surface area contributed by atoms with Crippen LogP contribution in [0.25, 0.3) is 0 Å². The molecule has 0 radical (unpaired) electrons. The molecular weight excluding hydrogens is 208 g/mol. The van der Waals surface area contributed by atoms with Crippen LogP contribution >= 0.6 is 0 Å². The molecule has 0 saturated carbocycles. The van der Waals surface area contributed by atoms with Crippen molar-refractivity contribution in [1.82, 2.24) is 0 Å². The van der Waals surface area contributed by atoms with Crippen LogP contribution in [0.4, 0.5) is 11.4 Å². The lowest BCUT2D eigenvalue weighted by atomic mass is 10.1. The Hall–Kier alpha value is -1.96. The van der Waals surface area contributed by atoms with Gasteiger partial charge in [0.1, 0.15) is 0 Å². The first-order valence-corrected chi connectivity index (χ1v) is 5.81. The highest BCUT2D eigenvalue weighted by Crippen LogP contribution is 2.17. The van der Waals surface area contributed by atoms with E-state index in [2.05, 4.69) is 42.6 Å². The van der Waals surface area contributed by atoms with Gasteiger partial charge in [-0.25, -0.2) is 0 Å². The Morgan fingerprint density at radius 3 is 2.35 bits per heavy atom. The molecule has 3 N–H and O–H groups in total. The maximum absolute atomic E-state index is 5.78. The largest absolute Gasteiger partial charge is 0.399 e. The SMILES string of the molecule is Cc1ccc(CNc2ccc(N)c(C)c2)cc1. The molecule has 2 rings (SSSR count). The van der Waals surface area contributed by atoms with Crippen LogP contribution in [-0.2, 0) is 6.54 Å². The highest BCUT2D eigenvalue weighted by Gasteiger charge is 1.97. The van der Waals surface area contributed by atoms with E-state index in [0.717, 1.165) is 23.5 Å². The Kier molecular flexibility index (Phi) is 3.33. The average molecular weight is 226 g/mol. The van der Waals surface area contributed by atoms with Gasteiger partial charge in [-0.1, -0.05) is 29.8 Å². The van der Waals surface area contributed by atoms with Gasteiger partial charge in [-0.3, -0.25) is 0 Å². The topological polar surface area (TPSA) is 38.0 Å². The summed E-state index contributed by atoms with van der Waals surface area (Å²) in [7, 11) is 0. The number of aryl methyl sites for hydroxylation is 2. The minimum atomic E-state index is 0.837. The van der Waals surface area contributed by atoms with Crippen molar-refractivity contribution in [2.45, 2.75) is 20.4 Å². The van der Waals surface area contributed by atoms with Crippen LogP contribution in [0, 0.1) is 13.8 Å². The first kappa shape index (κ1) is 11.5. The van der Waals surface area contributed by atoms with Crippen molar-refractivity contribution in [3.05, 3.63) is 59.2 Å². The van der Waals surface area contributed by atoms with Crippen LogP contribution in [0.3, 0.4) is 0 Å². The molecule has 0 aliphatic rings. The van der Waals surface area contributed by atoms with Gasteiger partial charge >= 0.3 is 0 Å². The number of hydrogen-bond donors (Lipinski definition) is 2. The Balaban J connectivity index is 2.02. The van der Waals surface area contributed by atoms with E-state index in [9.17, 15) is 0 Å². The summed E-state index contributed by atoms with van der Waals surface area (Å²) >= 11 is 0. The van der Waals surface area contributed by atoms with E-state index in [0.29, 0.717) is 0 Å². The van der Waals surface area contributed by atoms with Gasteiger partial charge in [0.25, 0.3) is 0 Å². The number of nitrogens with two attached hydrogens (primary N) is 1. The molecule has 0 spiro atoms. The smallest absolute Gasteiger partial charge is 0.0400 e. The lowest BCUT2D eigenvalue weighted by molar-refractivity contribution is 1.14. The van der Waals surface area contributed by atoms with Crippen LogP contribution in [0.2, 0.25) is 0 Å². The van der Waals surface area contributed by atoms with Crippen LogP contribution in [0.15, 0.2) is 42.5 Å². The molecule has 0 fully saturated rings. The molecule has 17 heavy (non-hydrogen) atoms. The van der Waals surface area contributed by atoms with E-state index in [1.165, 1.54) is 11.1 Å². The molecule has 2 nitrogen and oxygen atoms in total. The molecule has 0 aliphatic heterocycles. The number of hydrogen-bond acceptors (Lipinski definition) is 2. The maximum Gasteiger partial charge on any atom is 0.0400 e. The van der Waals surface area contributed by atoms with Crippen LogP contribution in [0.1, 0.15) is 16.7 Å². The van der Waals surface area contributed by atoms with E-state index >= 15 is 0 Å². The molecule has 2 aromatic carbocycles. The molecular formula is C15H18N2. The highest BCUT2D eigenvalue weighted by molar-refractivity contribution is 5.56. The molecule has 0 heterocycles. The van der Waals surface area contributed by atoms with Crippen molar-refractivity contribution in [1.29, 1.82) is 0 Å². The minimum absolute atomic E-state index is 0.837. The number of anilines is 2. The number of nitrogens with one attached hydrogen (secondary N) is 1. The van der Waals surface area contributed by atoms with Gasteiger partial charge in [-0.2, -0.15) is 0 Å². The zero-order chi connectivity index (χ0) is 12.3. The third-order valence-electron chi connectivity index (χ3n) is 2.89. The Morgan fingerprint density at radius 2 is 1.71 bits per heavy atom. The predicted octanol–water partition coefficient (Wildman–Crippen LogP) is 3.50. The van der Waals surface area contributed by atoms with Crippen molar-refractivity contribution >= 4 is 11.4 Å². The molecule has 0 unspecified atom stereocenters. The molecule has 88 valence electrons. The van der Waals surface area contributed by atoms with Gasteiger partial charge in [-0.15, -0.1) is 0 Å². The summed E-state index contributed by atoms with van der Waals surface area (Å²) in [5, 5.41) is 3.39.